The Balaban J connectivity index is 1.97. The van der Waals surface area contributed by atoms with E-state index in [2.05, 4.69) is 17.0 Å². The van der Waals surface area contributed by atoms with Gasteiger partial charge in [-0.3, -0.25) is 9.69 Å². The monoisotopic (exact) mass is 276 g/mol. The van der Waals surface area contributed by atoms with Crippen molar-refractivity contribution < 1.29 is 9.53 Å². The third-order valence-corrected chi connectivity index (χ3v) is 3.71. The van der Waals surface area contributed by atoms with Gasteiger partial charge in [0.05, 0.1) is 13.2 Å². The molecule has 0 bridgehead atoms. The number of carbonyl (C=O) groups excluding carboxylic acids is 1. The molecule has 2 rings (SSSR count). The summed E-state index contributed by atoms with van der Waals surface area (Å²) in [6, 6.07) is 10.8. The van der Waals surface area contributed by atoms with Crippen LogP contribution in [0.1, 0.15) is 31.2 Å². The Morgan fingerprint density at radius 1 is 1.40 bits per heavy atom. The number of rotatable bonds is 8. The van der Waals surface area contributed by atoms with Crippen molar-refractivity contribution in [3.8, 4) is 0 Å². The zero-order valence-corrected chi connectivity index (χ0v) is 12.1. The number of nitrogens with zero attached hydrogens (tertiary/aromatic N) is 1. The maximum absolute atomic E-state index is 11.7. The largest absolute Gasteiger partial charge is 0.465 e. The van der Waals surface area contributed by atoms with Crippen molar-refractivity contribution in [2.75, 3.05) is 26.2 Å². The van der Waals surface area contributed by atoms with E-state index in [1.807, 2.05) is 25.1 Å². The van der Waals surface area contributed by atoms with E-state index >= 15 is 0 Å². The van der Waals surface area contributed by atoms with E-state index in [9.17, 15) is 4.79 Å². The van der Waals surface area contributed by atoms with E-state index < -0.39 is 0 Å². The molecule has 4 heteroatoms. The SMILES string of the molecule is CCOC(=O)CN(CC(CN)c1ccccc1)C1CC1. The first-order valence-electron chi connectivity index (χ1n) is 7.39. The van der Waals surface area contributed by atoms with E-state index in [0.29, 0.717) is 25.7 Å². The third-order valence-electron chi connectivity index (χ3n) is 3.71. The quantitative estimate of drug-likeness (QED) is 0.735. The van der Waals surface area contributed by atoms with Crippen molar-refractivity contribution in [1.82, 2.24) is 4.90 Å². The third kappa shape index (κ3) is 4.32. The van der Waals surface area contributed by atoms with Crippen LogP contribution in [0.4, 0.5) is 0 Å². The number of hydrogen-bond acceptors (Lipinski definition) is 4. The summed E-state index contributed by atoms with van der Waals surface area (Å²) in [7, 11) is 0. The number of ether oxygens (including phenoxy) is 1. The summed E-state index contributed by atoms with van der Waals surface area (Å²) in [5.74, 6) is 0.134. The van der Waals surface area contributed by atoms with Gasteiger partial charge in [-0.05, 0) is 25.3 Å². The van der Waals surface area contributed by atoms with Gasteiger partial charge in [-0.1, -0.05) is 30.3 Å². The second-order valence-electron chi connectivity index (χ2n) is 5.31. The fourth-order valence-corrected chi connectivity index (χ4v) is 2.48. The fourth-order valence-electron chi connectivity index (χ4n) is 2.48. The van der Waals surface area contributed by atoms with Gasteiger partial charge in [0.15, 0.2) is 0 Å². The minimum absolute atomic E-state index is 0.136. The molecular weight excluding hydrogens is 252 g/mol. The van der Waals surface area contributed by atoms with Crippen molar-refractivity contribution >= 4 is 5.97 Å². The van der Waals surface area contributed by atoms with E-state index in [0.717, 1.165) is 6.54 Å². The summed E-state index contributed by atoms with van der Waals surface area (Å²) in [6.45, 7) is 4.07. The van der Waals surface area contributed by atoms with Crippen LogP contribution in [0.25, 0.3) is 0 Å². The van der Waals surface area contributed by atoms with Crippen molar-refractivity contribution in [3.05, 3.63) is 35.9 Å². The van der Waals surface area contributed by atoms with Crippen LogP contribution in [0.15, 0.2) is 30.3 Å². The predicted molar refractivity (Wildman–Crippen MR) is 79.5 cm³/mol. The molecule has 1 unspecified atom stereocenters. The molecule has 110 valence electrons. The molecule has 2 N–H and O–H groups in total. The second kappa shape index (κ2) is 7.41. The average Bonchev–Trinajstić information content (AvgIpc) is 3.29. The van der Waals surface area contributed by atoms with E-state index in [1.165, 1.54) is 18.4 Å². The summed E-state index contributed by atoms with van der Waals surface area (Å²) in [5.41, 5.74) is 7.16. The summed E-state index contributed by atoms with van der Waals surface area (Å²) in [4.78, 5) is 13.9. The van der Waals surface area contributed by atoms with Crippen LogP contribution < -0.4 is 5.73 Å². The molecule has 1 aromatic rings. The van der Waals surface area contributed by atoms with Crippen LogP contribution in [0.2, 0.25) is 0 Å². The van der Waals surface area contributed by atoms with Gasteiger partial charge < -0.3 is 10.5 Å². The molecule has 0 aliphatic heterocycles. The number of esters is 1. The van der Waals surface area contributed by atoms with Crippen LogP contribution in [-0.2, 0) is 9.53 Å². The standard InChI is InChI=1S/C16H24N2O2/c1-2-20-16(19)12-18(15-8-9-15)11-14(10-17)13-6-4-3-5-7-13/h3-7,14-15H,2,8-12,17H2,1H3. The first-order valence-corrected chi connectivity index (χ1v) is 7.39. The Hall–Kier alpha value is -1.39. The number of benzene rings is 1. The van der Waals surface area contributed by atoms with Crippen molar-refractivity contribution in [2.45, 2.75) is 31.7 Å². The Morgan fingerprint density at radius 2 is 2.10 bits per heavy atom. The number of nitrogens with two attached hydrogens (primary N) is 1. The van der Waals surface area contributed by atoms with Crippen LogP contribution in [-0.4, -0.2) is 43.2 Å². The van der Waals surface area contributed by atoms with E-state index in [1.54, 1.807) is 0 Å². The predicted octanol–water partition coefficient (Wildman–Crippen LogP) is 1.76. The van der Waals surface area contributed by atoms with Crippen LogP contribution in [0.3, 0.4) is 0 Å². The molecular formula is C16H24N2O2. The average molecular weight is 276 g/mol. The molecule has 1 fully saturated rings. The Morgan fingerprint density at radius 3 is 2.65 bits per heavy atom. The molecule has 0 aromatic heterocycles. The maximum Gasteiger partial charge on any atom is 0.320 e. The first kappa shape index (κ1) is 15.0. The highest BCUT2D eigenvalue weighted by atomic mass is 16.5. The van der Waals surface area contributed by atoms with Gasteiger partial charge in [0.2, 0.25) is 0 Å². The molecule has 1 atom stereocenters. The molecule has 20 heavy (non-hydrogen) atoms. The molecule has 0 heterocycles. The van der Waals surface area contributed by atoms with Gasteiger partial charge in [0.1, 0.15) is 0 Å². The topological polar surface area (TPSA) is 55.6 Å². The molecule has 0 saturated heterocycles. The summed E-state index contributed by atoms with van der Waals surface area (Å²) >= 11 is 0. The lowest BCUT2D eigenvalue weighted by atomic mass is 9.98. The van der Waals surface area contributed by atoms with E-state index in [4.69, 9.17) is 10.5 Å². The lowest BCUT2D eigenvalue weighted by Gasteiger charge is -2.26. The van der Waals surface area contributed by atoms with Gasteiger partial charge in [-0.25, -0.2) is 0 Å². The van der Waals surface area contributed by atoms with Crippen molar-refractivity contribution in [3.63, 3.8) is 0 Å². The molecule has 0 radical (unpaired) electrons. The molecule has 1 aromatic carbocycles. The molecule has 0 spiro atoms. The van der Waals surface area contributed by atoms with Gasteiger partial charge >= 0.3 is 5.97 Å². The number of hydrogen-bond donors (Lipinski definition) is 1. The Bertz CT molecular complexity index is 418. The van der Waals surface area contributed by atoms with Crippen molar-refractivity contribution in [1.29, 1.82) is 0 Å². The van der Waals surface area contributed by atoms with Gasteiger partial charge in [0.25, 0.3) is 0 Å². The smallest absolute Gasteiger partial charge is 0.320 e. The van der Waals surface area contributed by atoms with E-state index in [-0.39, 0.29) is 11.9 Å². The Kier molecular flexibility index (Phi) is 5.56. The highest BCUT2D eigenvalue weighted by Gasteiger charge is 2.32. The van der Waals surface area contributed by atoms with Crippen LogP contribution in [0, 0.1) is 0 Å². The molecule has 4 nitrogen and oxygen atoms in total. The summed E-state index contributed by atoms with van der Waals surface area (Å²) < 4.78 is 5.06. The molecule has 1 saturated carbocycles. The fraction of sp³-hybridized carbons (Fsp3) is 0.562. The van der Waals surface area contributed by atoms with Crippen molar-refractivity contribution in [2.24, 2.45) is 5.73 Å². The van der Waals surface area contributed by atoms with Gasteiger partial charge in [-0.15, -0.1) is 0 Å². The van der Waals surface area contributed by atoms with Crippen LogP contribution in [0.5, 0.6) is 0 Å². The molecule has 1 aliphatic rings. The first-order chi connectivity index (χ1) is 9.74. The highest BCUT2D eigenvalue weighted by molar-refractivity contribution is 5.71. The lowest BCUT2D eigenvalue weighted by molar-refractivity contribution is -0.144. The zero-order valence-electron chi connectivity index (χ0n) is 12.1. The maximum atomic E-state index is 11.7. The molecule has 0 amide bonds. The lowest BCUT2D eigenvalue weighted by Crippen LogP contribution is -2.37. The molecule has 1 aliphatic carbocycles. The second-order valence-corrected chi connectivity index (χ2v) is 5.31. The van der Waals surface area contributed by atoms with Gasteiger partial charge in [0, 0.05) is 25.0 Å². The highest BCUT2D eigenvalue weighted by Crippen LogP contribution is 2.29. The normalized spacial score (nSPS) is 16.1. The minimum Gasteiger partial charge on any atom is -0.465 e. The van der Waals surface area contributed by atoms with Crippen LogP contribution >= 0.6 is 0 Å². The Labute approximate surface area is 120 Å². The summed E-state index contributed by atoms with van der Waals surface area (Å²) in [5, 5.41) is 0. The zero-order chi connectivity index (χ0) is 14.4. The van der Waals surface area contributed by atoms with Gasteiger partial charge in [-0.2, -0.15) is 0 Å². The minimum atomic E-state index is -0.136. The summed E-state index contributed by atoms with van der Waals surface area (Å²) in [6.07, 6.45) is 2.34. The number of carbonyl (C=O) groups is 1.